The van der Waals surface area contributed by atoms with Crippen LogP contribution in [0, 0.1) is 0 Å². The Kier molecular flexibility index (Phi) is 5.56. The van der Waals surface area contributed by atoms with E-state index in [4.69, 9.17) is 5.11 Å². The molecule has 0 radical (unpaired) electrons. The molecule has 2 rings (SSSR count). The van der Waals surface area contributed by atoms with E-state index >= 15 is 0 Å². The Morgan fingerprint density at radius 3 is 2.57 bits per heavy atom. The molecule has 0 aromatic heterocycles. The number of likely N-dealkylation sites (tertiary alicyclic amines) is 1. The highest BCUT2D eigenvalue weighted by atomic mass is 16.4. The number of amides is 3. The molecule has 1 aliphatic rings. The van der Waals surface area contributed by atoms with E-state index in [1.165, 1.54) is 12.1 Å². The fourth-order valence-corrected chi connectivity index (χ4v) is 2.51. The highest BCUT2D eigenvalue weighted by Crippen LogP contribution is 2.10. The highest BCUT2D eigenvalue weighted by Gasteiger charge is 2.26. The summed E-state index contributed by atoms with van der Waals surface area (Å²) in [6.45, 7) is 3.36. The molecule has 3 N–H and O–H groups in total. The van der Waals surface area contributed by atoms with Crippen LogP contribution in [-0.2, 0) is 11.3 Å². The predicted octanol–water partition coefficient (Wildman–Crippen LogP) is 1.19. The maximum Gasteiger partial charge on any atom is 0.335 e. The van der Waals surface area contributed by atoms with Crippen LogP contribution in [0.25, 0.3) is 0 Å². The quantitative estimate of drug-likeness (QED) is 0.759. The minimum atomic E-state index is -0.977. The van der Waals surface area contributed by atoms with E-state index < -0.39 is 5.97 Å². The summed E-state index contributed by atoms with van der Waals surface area (Å²) in [6.07, 6.45) is 1.23. The van der Waals surface area contributed by atoms with Gasteiger partial charge in [-0.05, 0) is 24.1 Å². The van der Waals surface area contributed by atoms with Gasteiger partial charge >= 0.3 is 12.0 Å². The van der Waals surface area contributed by atoms with Crippen LogP contribution in [0.4, 0.5) is 4.79 Å². The van der Waals surface area contributed by atoms with Gasteiger partial charge < -0.3 is 20.6 Å². The molecule has 0 bridgehead atoms. The zero-order chi connectivity index (χ0) is 16.8. The van der Waals surface area contributed by atoms with Crippen LogP contribution < -0.4 is 10.6 Å². The second-order valence-corrected chi connectivity index (χ2v) is 5.51. The molecule has 1 fully saturated rings. The Hall–Kier alpha value is -2.57. The molecule has 0 aliphatic carbocycles. The molecule has 1 saturated heterocycles. The number of nitrogens with zero attached hydrogens (tertiary/aromatic N) is 1. The van der Waals surface area contributed by atoms with Gasteiger partial charge in [-0.2, -0.15) is 0 Å². The van der Waals surface area contributed by atoms with Gasteiger partial charge in [0, 0.05) is 32.1 Å². The summed E-state index contributed by atoms with van der Waals surface area (Å²) >= 11 is 0. The lowest BCUT2D eigenvalue weighted by molar-refractivity contribution is -0.129. The van der Waals surface area contributed by atoms with Crippen molar-refractivity contribution in [3.8, 4) is 0 Å². The number of carboxylic acid groups (broad SMARTS) is 1. The topological polar surface area (TPSA) is 98.7 Å². The number of urea groups is 1. The third-order valence-corrected chi connectivity index (χ3v) is 3.83. The van der Waals surface area contributed by atoms with E-state index in [9.17, 15) is 14.4 Å². The number of carbonyl (C=O) groups excluding carboxylic acids is 2. The summed E-state index contributed by atoms with van der Waals surface area (Å²) in [4.78, 5) is 36.0. The lowest BCUT2D eigenvalue weighted by atomic mass is 10.1. The Morgan fingerprint density at radius 2 is 1.96 bits per heavy atom. The van der Waals surface area contributed by atoms with Crippen LogP contribution in [0.5, 0.6) is 0 Å². The molecule has 7 heteroatoms. The molecule has 3 amide bonds. The van der Waals surface area contributed by atoms with E-state index in [-0.39, 0.29) is 23.5 Å². The molecule has 1 unspecified atom stereocenters. The zero-order valence-corrected chi connectivity index (χ0v) is 13.0. The summed E-state index contributed by atoms with van der Waals surface area (Å²) in [5.41, 5.74) is 1.03. The van der Waals surface area contributed by atoms with Gasteiger partial charge in [-0.25, -0.2) is 9.59 Å². The third-order valence-electron chi connectivity index (χ3n) is 3.83. The van der Waals surface area contributed by atoms with Gasteiger partial charge in [-0.1, -0.05) is 19.1 Å². The first kappa shape index (κ1) is 16.8. The number of aromatic carboxylic acids is 1. The smallest absolute Gasteiger partial charge is 0.335 e. The molecule has 124 valence electrons. The minimum Gasteiger partial charge on any atom is -0.478 e. The molecular weight excluding hydrogens is 298 g/mol. The molecule has 0 spiro atoms. The first-order valence-corrected chi connectivity index (χ1v) is 7.64. The lowest BCUT2D eigenvalue weighted by Crippen LogP contribution is -2.43. The standard InChI is InChI=1S/C16H21N3O4/c1-2-14(20)19-8-7-13(10-19)18-16(23)17-9-11-3-5-12(6-4-11)15(21)22/h3-6,13H,2,7-10H2,1H3,(H,21,22)(H2,17,18,23). The molecule has 1 aromatic carbocycles. The van der Waals surface area contributed by atoms with Crippen molar-refractivity contribution in [3.63, 3.8) is 0 Å². The Morgan fingerprint density at radius 1 is 1.26 bits per heavy atom. The van der Waals surface area contributed by atoms with Crippen molar-refractivity contribution in [2.75, 3.05) is 13.1 Å². The number of hydrogen-bond donors (Lipinski definition) is 3. The van der Waals surface area contributed by atoms with Crippen molar-refractivity contribution in [3.05, 3.63) is 35.4 Å². The van der Waals surface area contributed by atoms with Crippen LogP contribution in [0.1, 0.15) is 35.7 Å². The molecule has 1 atom stereocenters. The molecule has 0 saturated carbocycles. The number of hydrogen-bond acceptors (Lipinski definition) is 3. The molecule has 1 heterocycles. The largest absolute Gasteiger partial charge is 0.478 e. The van der Waals surface area contributed by atoms with Crippen LogP contribution in [-0.4, -0.2) is 47.0 Å². The number of benzene rings is 1. The maximum absolute atomic E-state index is 11.9. The van der Waals surface area contributed by atoms with Gasteiger partial charge in [0.15, 0.2) is 0 Å². The Labute approximate surface area is 134 Å². The van der Waals surface area contributed by atoms with Crippen LogP contribution in [0.2, 0.25) is 0 Å². The monoisotopic (exact) mass is 319 g/mol. The predicted molar refractivity (Wildman–Crippen MR) is 84.0 cm³/mol. The van der Waals surface area contributed by atoms with Gasteiger partial charge in [-0.3, -0.25) is 4.79 Å². The number of carboxylic acids is 1. The average Bonchev–Trinajstić information content (AvgIpc) is 3.01. The van der Waals surface area contributed by atoms with Crippen molar-refractivity contribution in [1.82, 2.24) is 15.5 Å². The molecule has 1 aliphatic heterocycles. The summed E-state index contributed by atoms with van der Waals surface area (Å²) in [5.74, 6) is -0.872. The zero-order valence-electron chi connectivity index (χ0n) is 13.0. The Bertz CT molecular complexity index is 585. The first-order chi connectivity index (χ1) is 11.0. The van der Waals surface area contributed by atoms with Crippen LogP contribution in [0.15, 0.2) is 24.3 Å². The Balaban J connectivity index is 1.75. The summed E-state index contributed by atoms with van der Waals surface area (Å²) < 4.78 is 0. The minimum absolute atomic E-state index is 0.0279. The van der Waals surface area contributed by atoms with Crippen LogP contribution in [0.3, 0.4) is 0 Å². The molecule has 23 heavy (non-hydrogen) atoms. The van der Waals surface area contributed by atoms with Crippen LogP contribution >= 0.6 is 0 Å². The SMILES string of the molecule is CCC(=O)N1CCC(NC(=O)NCc2ccc(C(=O)O)cc2)C1. The van der Waals surface area contributed by atoms with Gasteiger partial charge in [0.1, 0.15) is 0 Å². The van der Waals surface area contributed by atoms with E-state index in [1.54, 1.807) is 17.0 Å². The maximum atomic E-state index is 11.9. The fraction of sp³-hybridized carbons (Fsp3) is 0.438. The van der Waals surface area contributed by atoms with Crippen molar-refractivity contribution in [2.45, 2.75) is 32.4 Å². The van der Waals surface area contributed by atoms with Crippen molar-refractivity contribution < 1.29 is 19.5 Å². The van der Waals surface area contributed by atoms with E-state index in [0.29, 0.717) is 26.1 Å². The van der Waals surface area contributed by atoms with Crippen molar-refractivity contribution in [1.29, 1.82) is 0 Å². The number of rotatable bonds is 5. The van der Waals surface area contributed by atoms with Crippen molar-refractivity contribution >= 4 is 17.9 Å². The van der Waals surface area contributed by atoms with Gasteiger partial charge in [-0.15, -0.1) is 0 Å². The molecular formula is C16H21N3O4. The summed E-state index contributed by atoms with van der Waals surface area (Å²) in [6, 6.07) is 6.02. The molecule has 7 nitrogen and oxygen atoms in total. The molecule has 1 aromatic rings. The number of carbonyl (C=O) groups is 3. The van der Waals surface area contributed by atoms with E-state index in [0.717, 1.165) is 12.0 Å². The first-order valence-electron chi connectivity index (χ1n) is 7.64. The average molecular weight is 319 g/mol. The normalized spacial score (nSPS) is 16.9. The highest BCUT2D eigenvalue weighted by molar-refractivity contribution is 5.87. The second-order valence-electron chi connectivity index (χ2n) is 5.51. The van der Waals surface area contributed by atoms with Gasteiger partial charge in [0.25, 0.3) is 0 Å². The summed E-state index contributed by atoms with van der Waals surface area (Å²) in [5, 5.41) is 14.4. The fourth-order valence-electron chi connectivity index (χ4n) is 2.51. The van der Waals surface area contributed by atoms with Gasteiger partial charge in [0.05, 0.1) is 5.56 Å². The lowest BCUT2D eigenvalue weighted by Gasteiger charge is -2.16. The van der Waals surface area contributed by atoms with E-state index in [1.807, 2.05) is 6.92 Å². The second kappa shape index (κ2) is 7.62. The number of nitrogens with one attached hydrogen (secondary N) is 2. The van der Waals surface area contributed by atoms with Gasteiger partial charge in [0.2, 0.25) is 5.91 Å². The summed E-state index contributed by atoms with van der Waals surface area (Å²) in [7, 11) is 0. The van der Waals surface area contributed by atoms with E-state index in [2.05, 4.69) is 10.6 Å². The van der Waals surface area contributed by atoms with Crippen molar-refractivity contribution in [2.24, 2.45) is 0 Å². The third kappa shape index (κ3) is 4.70.